The van der Waals surface area contributed by atoms with Crippen LogP contribution in [0.5, 0.6) is 0 Å². The molecule has 0 atom stereocenters. The number of rotatable bonds is 7. The summed E-state index contributed by atoms with van der Waals surface area (Å²) in [6.45, 7) is 0.209. The van der Waals surface area contributed by atoms with E-state index in [0.717, 1.165) is 11.1 Å². The van der Waals surface area contributed by atoms with E-state index in [4.69, 9.17) is 4.74 Å². The minimum Gasteiger partial charge on any atom is -0.444 e. The third kappa shape index (κ3) is 5.68. The normalized spacial score (nSPS) is 10.6. The van der Waals surface area contributed by atoms with Gasteiger partial charge in [-0.3, -0.25) is 10.1 Å². The van der Waals surface area contributed by atoms with Crippen molar-refractivity contribution in [2.45, 2.75) is 13.0 Å². The van der Waals surface area contributed by atoms with Crippen molar-refractivity contribution in [2.24, 2.45) is 0 Å². The highest BCUT2D eigenvalue weighted by molar-refractivity contribution is 6.04. The zero-order chi connectivity index (χ0) is 19.6. The predicted octanol–water partition coefficient (Wildman–Crippen LogP) is 5.42. The maximum Gasteiger partial charge on any atom is 0.411 e. The fourth-order valence-electron chi connectivity index (χ4n) is 2.68. The summed E-state index contributed by atoms with van der Waals surface area (Å²) in [7, 11) is 0. The van der Waals surface area contributed by atoms with E-state index in [1.165, 1.54) is 0 Å². The Morgan fingerprint density at radius 1 is 0.821 bits per heavy atom. The van der Waals surface area contributed by atoms with Crippen LogP contribution in [-0.4, -0.2) is 11.9 Å². The molecule has 0 aliphatic rings. The molecule has 0 aromatic heterocycles. The molecule has 4 heteroatoms. The maximum absolute atomic E-state index is 12.1. The van der Waals surface area contributed by atoms with Gasteiger partial charge in [0.2, 0.25) is 0 Å². The summed E-state index contributed by atoms with van der Waals surface area (Å²) in [6, 6.07) is 26.1. The standard InChI is InChI=1S/C24H21NO3/c26-23(21-13-5-2-6-14-21)17-9-15-20-12-7-8-16-22(20)25-24(27)28-18-19-10-3-1-4-11-19/h1-14,16-17H,15,18H2,(H,25,27)/b17-9+. The molecule has 0 bridgehead atoms. The molecule has 0 radical (unpaired) electrons. The average molecular weight is 371 g/mol. The van der Waals surface area contributed by atoms with Gasteiger partial charge in [-0.25, -0.2) is 4.79 Å². The van der Waals surface area contributed by atoms with Gasteiger partial charge in [0.05, 0.1) is 0 Å². The lowest BCUT2D eigenvalue weighted by Crippen LogP contribution is -2.14. The number of allylic oxidation sites excluding steroid dienone is 2. The molecule has 0 spiro atoms. The van der Waals surface area contributed by atoms with Crippen LogP contribution in [0, 0.1) is 0 Å². The lowest BCUT2D eigenvalue weighted by atomic mass is 10.1. The number of nitrogens with one attached hydrogen (secondary N) is 1. The summed E-state index contributed by atoms with van der Waals surface area (Å²) in [5.41, 5.74) is 3.14. The highest BCUT2D eigenvalue weighted by Crippen LogP contribution is 2.17. The van der Waals surface area contributed by atoms with Gasteiger partial charge in [0.1, 0.15) is 6.61 Å². The van der Waals surface area contributed by atoms with Gasteiger partial charge in [0, 0.05) is 11.3 Å². The first-order valence-electron chi connectivity index (χ1n) is 9.04. The Morgan fingerprint density at radius 3 is 2.21 bits per heavy atom. The van der Waals surface area contributed by atoms with Crippen LogP contribution in [0.25, 0.3) is 0 Å². The minimum absolute atomic E-state index is 0.0479. The van der Waals surface area contributed by atoms with Gasteiger partial charge in [0.25, 0.3) is 0 Å². The van der Waals surface area contributed by atoms with Gasteiger partial charge >= 0.3 is 6.09 Å². The number of benzene rings is 3. The maximum atomic E-state index is 12.1. The smallest absolute Gasteiger partial charge is 0.411 e. The summed E-state index contributed by atoms with van der Waals surface area (Å²) in [5, 5.41) is 2.77. The van der Waals surface area contributed by atoms with Gasteiger partial charge in [-0.2, -0.15) is 0 Å². The molecule has 0 heterocycles. The molecular weight excluding hydrogens is 350 g/mol. The van der Waals surface area contributed by atoms with E-state index in [1.54, 1.807) is 24.3 Å². The first kappa shape index (κ1) is 19.1. The molecule has 3 aromatic carbocycles. The van der Waals surface area contributed by atoms with Crippen molar-refractivity contribution in [3.63, 3.8) is 0 Å². The Bertz CT molecular complexity index is 950. The topological polar surface area (TPSA) is 55.4 Å². The van der Waals surface area contributed by atoms with Crippen LogP contribution in [0.1, 0.15) is 21.5 Å². The lowest BCUT2D eigenvalue weighted by Gasteiger charge is -2.10. The molecule has 4 nitrogen and oxygen atoms in total. The third-order valence-corrected chi connectivity index (χ3v) is 4.13. The van der Waals surface area contributed by atoms with Crippen molar-refractivity contribution in [3.8, 4) is 0 Å². The number of amides is 1. The molecule has 140 valence electrons. The van der Waals surface area contributed by atoms with Crippen molar-refractivity contribution in [1.82, 2.24) is 0 Å². The zero-order valence-corrected chi connectivity index (χ0v) is 15.4. The summed E-state index contributed by atoms with van der Waals surface area (Å²) < 4.78 is 5.27. The number of carbonyl (C=O) groups is 2. The number of para-hydroxylation sites is 1. The second kappa shape index (κ2) is 9.88. The van der Waals surface area contributed by atoms with Gasteiger partial charge in [-0.15, -0.1) is 0 Å². The molecule has 0 saturated carbocycles. The monoisotopic (exact) mass is 371 g/mol. The number of hydrogen-bond acceptors (Lipinski definition) is 3. The van der Waals surface area contributed by atoms with Crippen LogP contribution in [0.4, 0.5) is 10.5 Å². The molecule has 28 heavy (non-hydrogen) atoms. The SMILES string of the molecule is O=C(Nc1ccccc1C/C=C/C(=O)c1ccccc1)OCc1ccccc1. The quantitative estimate of drug-likeness (QED) is 0.446. The summed E-state index contributed by atoms with van der Waals surface area (Å²) >= 11 is 0. The zero-order valence-electron chi connectivity index (χ0n) is 15.4. The average Bonchev–Trinajstić information content (AvgIpc) is 2.75. The Hall–Kier alpha value is -3.66. The minimum atomic E-state index is -0.513. The molecule has 0 saturated heterocycles. The first-order valence-corrected chi connectivity index (χ1v) is 9.04. The highest BCUT2D eigenvalue weighted by atomic mass is 16.5. The van der Waals surface area contributed by atoms with Gasteiger partial charge < -0.3 is 4.74 Å². The fraction of sp³-hybridized carbons (Fsp3) is 0.0833. The number of ether oxygens (including phenoxy) is 1. The Balaban J connectivity index is 1.57. The first-order chi connectivity index (χ1) is 13.7. The Morgan fingerprint density at radius 2 is 1.46 bits per heavy atom. The van der Waals surface area contributed by atoms with E-state index in [9.17, 15) is 9.59 Å². The predicted molar refractivity (Wildman–Crippen MR) is 110 cm³/mol. The summed E-state index contributed by atoms with van der Waals surface area (Å²) in [6.07, 6.45) is 3.36. The van der Waals surface area contributed by atoms with Crippen LogP contribution in [0.15, 0.2) is 97.1 Å². The molecule has 3 rings (SSSR count). The molecule has 0 unspecified atom stereocenters. The third-order valence-electron chi connectivity index (χ3n) is 4.13. The van der Waals surface area contributed by atoms with Crippen molar-refractivity contribution in [3.05, 3.63) is 114 Å². The number of carbonyl (C=O) groups excluding carboxylic acids is 2. The number of ketones is 1. The Kier molecular flexibility index (Phi) is 6.74. The molecule has 3 aromatic rings. The van der Waals surface area contributed by atoms with E-state index in [-0.39, 0.29) is 12.4 Å². The van der Waals surface area contributed by atoms with Gasteiger partial charge in [-0.1, -0.05) is 84.9 Å². The van der Waals surface area contributed by atoms with Crippen LogP contribution in [-0.2, 0) is 17.8 Å². The highest BCUT2D eigenvalue weighted by Gasteiger charge is 2.07. The second-order valence-electron chi connectivity index (χ2n) is 6.18. The molecule has 1 N–H and O–H groups in total. The van der Waals surface area contributed by atoms with Crippen molar-refractivity contribution >= 4 is 17.6 Å². The largest absolute Gasteiger partial charge is 0.444 e. The van der Waals surface area contributed by atoms with Gasteiger partial charge in [-0.05, 0) is 29.7 Å². The summed E-state index contributed by atoms with van der Waals surface area (Å²) in [5.74, 6) is -0.0479. The molecule has 0 aliphatic carbocycles. The molecular formula is C24H21NO3. The fourth-order valence-corrected chi connectivity index (χ4v) is 2.68. The summed E-state index contributed by atoms with van der Waals surface area (Å²) in [4.78, 5) is 24.2. The van der Waals surface area contributed by atoms with Crippen LogP contribution < -0.4 is 5.32 Å². The van der Waals surface area contributed by atoms with Crippen LogP contribution in [0.2, 0.25) is 0 Å². The molecule has 0 fully saturated rings. The van der Waals surface area contributed by atoms with Crippen LogP contribution in [0.3, 0.4) is 0 Å². The van der Waals surface area contributed by atoms with Crippen molar-refractivity contribution < 1.29 is 14.3 Å². The van der Waals surface area contributed by atoms with Crippen molar-refractivity contribution in [2.75, 3.05) is 5.32 Å². The van der Waals surface area contributed by atoms with Crippen molar-refractivity contribution in [1.29, 1.82) is 0 Å². The van der Waals surface area contributed by atoms with E-state index in [1.807, 2.05) is 72.8 Å². The van der Waals surface area contributed by atoms with E-state index < -0.39 is 6.09 Å². The molecule has 1 amide bonds. The van der Waals surface area contributed by atoms with Crippen LogP contribution >= 0.6 is 0 Å². The van der Waals surface area contributed by atoms with E-state index in [2.05, 4.69) is 5.32 Å². The molecule has 0 aliphatic heterocycles. The second-order valence-corrected chi connectivity index (χ2v) is 6.18. The lowest BCUT2D eigenvalue weighted by molar-refractivity contribution is 0.104. The Labute approximate surface area is 164 Å². The number of hydrogen-bond donors (Lipinski definition) is 1. The number of anilines is 1. The van der Waals surface area contributed by atoms with Gasteiger partial charge in [0.15, 0.2) is 5.78 Å². The van der Waals surface area contributed by atoms with E-state index >= 15 is 0 Å². The van der Waals surface area contributed by atoms with E-state index in [0.29, 0.717) is 17.7 Å².